The maximum Gasteiger partial charge on any atom is 0.234 e. The number of carbonyl (C=O) groups excluding carboxylic acids is 2. The summed E-state index contributed by atoms with van der Waals surface area (Å²) in [7, 11) is 1.72. The number of anilines is 2. The van der Waals surface area contributed by atoms with Gasteiger partial charge in [0.25, 0.3) is 0 Å². The lowest BCUT2D eigenvalue weighted by Crippen LogP contribution is -2.14. The molecule has 0 aliphatic carbocycles. The van der Waals surface area contributed by atoms with Gasteiger partial charge in [-0.15, -0.1) is 16.4 Å². The topological polar surface area (TPSA) is 115 Å². The second-order valence-electron chi connectivity index (χ2n) is 7.70. The molecule has 4 rings (SSSR count). The molecular formula is C22H23N7O2S3. The highest BCUT2D eigenvalue weighted by Gasteiger charge is 2.11. The fourth-order valence-electron chi connectivity index (χ4n) is 2.99. The number of thiazole rings is 1. The highest BCUT2D eigenvalue weighted by atomic mass is 32.2. The molecule has 2 amide bonds. The molecule has 0 saturated heterocycles. The Balaban J connectivity index is 1.29. The minimum atomic E-state index is -0.149. The van der Waals surface area contributed by atoms with Crippen molar-refractivity contribution >= 4 is 68.3 Å². The van der Waals surface area contributed by atoms with E-state index in [1.807, 2.05) is 42.5 Å². The molecule has 9 nitrogen and oxygen atoms in total. The fraction of sp³-hybridized carbons (Fsp3) is 0.273. The van der Waals surface area contributed by atoms with Gasteiger partial charge in [0.2, 0.25) is 17.0 Å². The number of fused-ring (bicyclic) bond motifs is 1. The van der Waals surface area contributed by atoms with Gasteiger partial charge in [0.15, 0.2) is 4.34 Å². The summed E-state index contributed by atoms with van der Waals surface area (Å²) in [4.78, 5) is 29.2. The lowest BCUT2D eigenvalue weighted by molar-refractivity contribution is -0.114. The summed E-state index contributed by atoms with van der Waals surface area (Å²) in [6.45, 7) is 4.27. The average Bonchev–Trinajstić information content (AvgIpc) is 3.41. The molecule has 176 valence electrons. The van der Waals surface area contributed by atoms with Crippen molar-refractivity contribution in [1.29, 1.82) is 0 Å². The number of hydrogen-bond acceptors (Lipinski definition) is 9. The molecule has 0 aliphatic rings. The second-order valence-corrected chi connectivity index (χ2v) is 10.9. The summed E-state index contributed by atoms with van der Waals surface area (Å²) in [6.07, 6.45) is 0. The predicted octanol–water partition coefficient (Wildman–Crippen LogP) is 4.40. The van der Waals surface area contributed by atoms with Crippen LogP contribution in [0.3, 0.4) is 0 Å². The van der Waals surface area contributed by atoms with Gasteiger partial charge in [-0.25, -0.2) is 9.67 Å². The van der Waals surface area contributed by atoms with Crippen molar-refractivity contribution in [2.75, 3.05) is 22.1 Å². The van der Waals surface area contributed by atoms with Crippen LogP contribution in [-0.4, -0.2) is 48.5 Å². The molecule has 0 spiro atoms. The van der Waals surface area contributed by atoms with Crippen LogP contribution in [0.2, 0.25) is 0 Å². The first-order valence-electron chi connectivity index (χ1n) is 10.5. The van der Waals surface area contributed by atoms with Crippen molar-refractivity contribution in [3.63, 3.8) is 0 Å². The zero-order chi connectivity index (χ0) is 24.1. The number of benzene rings is 2. The Labute approximate surface area is 209 Å². The summed E-state index contributed by atoms with van der Waals surface area (Å²) >= 11 is 4.15. The van der Waals surface area contributed by atoms with E-state index in [-0.39, 0.29) is 23.3 Å². The Kier molecular flexibility index (Phi) is 7.80. The highest BCUT2D eigenvalue weighted by Crippen LogP contribution is 2.31. The molecular weight excluding hydrogens is 490 g/mol. The normalized spacial score (nSPS) is 11.2. The SMILES string of the molecule is CC(C)c1ccc(NC(=O)CSc2nc3ccc(NC(=O)CSc4nnnn4C)cc3s2)cc1. The summed E-state index contributed by atoms with van der Waals surface area (Å²) in [5.41, 5.74) is 3.54. The van der Waals surface area contributed by atoms with Gasteiger partial charge in [-0.3, -0.25) is 9.59 Å². The van der Waals surface area contributed by atoms with Crippen LogP contribution in [0.25, 0.3) is 10.2 Å². The Bertz CT molecular complexity index is 1300. The van der Waals surface area contributed by atoms with E-state index in [9.17, 15) is 9.59 Å². The van der Waals surface area contributed by atoms with Crippen LogP contribution in [-0.2, 0) is 16.6 Å². The van der Waals surface area contributed by atoms with E-state index in [0.29, 0.717) is 16.8 Å². The van der Waals surface area contributed by atoms with Gasteiger partial charge in [0.05, 0.1) is 21.7 Å². The molecule has 4 aromatic rings. The van der Waals surface area contributed by atoms with E-state index >= 15 is 0 Å². The number of rotatable bonds is 9. The third kappa shape index (κ3) is 6.33. The second kappa shape index (κ2) is 11.0. The van der Waals surface area contributed by atoms with Crippen LogP contribution in [0.15, 0.2) is 52.0 Å². The largest absolute Gasteiger partial charge is 0.325 e. The van der Waals surface area contributed by atoms with Crippen LogP contribution in [0.5, 0.6) is 0 Å². The molecule has 2 aromatic carbocycles. The van der Waals surface area contributed by atoms with E-state index in [1.165, 1.54) is 45.1 Å². The summed E-state index contributed by atoms with van der Waals surface area (Å²) in [6, 6.07) is 13.5. The van der Waals surface area contributed by atoms with Gasteiger partial charge in [-0.2, -0.15) is 0 Å². The molecule has 2 heterocycles. The van der Waals surface area contributed by atoms with Crippen LogP contribution < -0.4 is 10.6 Å². The number of nitrogens with one attached hydrogen (secondary N) is 2. The number of nitrogens with zero attached hydrogens (tertiary/aromatic N) is 5. The summed E-state index contributed by atoms with van der Waals surface area (Å²) < 4.78 is 3.26. The van der Waals surface area contributed by atoms with Crippen LogP contribution in [0.4, 0.5) is 11.4 Å². The minimum Gasteiger partial charge on any atom is -0.325 e. The molecule has 2 aromatic heterocycles. The van der Waals surface area contributed by atoms with E-state index in [1.54, 1.807) is 7.05 Å². The standard InChI is InChI=1S/C22H23N7O2S3/c1-13(2)14-4-6-15(7-5-14)23-20(31)12-33-22-25-17-9-8-16(10-18(17)34-22)24-19(30)11-32-21-26-27-28-29(21)3/h4-10,13H,11-12H2,1-3H3,(H,23,31)(H,24,30). The lowest BCUT2D eigenvalue weighted by Gasteiger charge is -2.08. The maximum absolute atomic E-state index is 12.3. The molecule has 34 heavy (non-hydrogen) atoms. The number of hydrogen-bond donors (Lipinski definition) is 2. The molecule has 0 radical (unpaired) electrons. The zero-order valence-electron chi connectivity index (χ0n) is 18.8. The van der Waals surface area contributed by atoms with Gasteiger partial charge < -0.3 is 10.6 Å². The molecule has 12 heteroatoms. The minimum absolute atomic E-state index is 0.0786. The van der Waals surface area contributed by atoms with Crippen molar-refractivity contribution in [3.05, 3.63) is 48.0 Å². The van der Waals surface area contributed by atoms with E-state index < -0.39 is 0 Å². The third-order valence-corrected chi connectivity index (χ3v) is 7.93. The smallest absolute Gasteiger partial charge is 0.234 e. The van der Waals surface area contributed by atoms with Gasteiger partial charge in [0, 0.05) is 18.4 Å². The predicted molar refractivity (Wildman–Crippen MR) is 138 cm³/mol. The van der Waals surface area contributed by atoms with Crippen molar-refractivity contribution < 1.29 is 9.59 Å². The van der Waals surface area contributed by atoms with Crippen LogP contribution >= 0.6 is 34.9 Å². The first-order chi connectivity index (χ1) is 16.4. The first-order valence-corrected chi connectivity index (χ1v) is 13.2. The maximum atomic E-state index is 12.3. The first kappa shape index (κ1) is 24.2. The number of aromatic nitrogens is 5. The summed E-state index contributed by atoms with van der Waals surface area (Å²) in [5, 5.41) is 17.5. The number of thioether (sulfide) groups is 2. The van der Waals surface area contributed by atoms with E-state index in [0.717, 1.165) is 20.2 Å². The van der Waals surface area contributed by atoms with Crippen LogP contribution in [0, 0.1) is 0 Å². The van der Waals surface area contributed by atoms with Crippen LogP contribution in [0.1, 0.15) is 25.3 Å². The monoisotopic (exact) mass is 513 g/mol. The Morgan fingerprint density at radius 3 is 2.35 bits per heavy atom. The van der Waals surface area contributed by atoms with Crippen molar-refractivity contribution in [3.8, 4) is 0 Å². The quantitative estimate of drug-likeness (QED) is 0.317. The molecule has 0 unspecified atom stereocenters. The third-order valence-electron chi connectivity index (χ3n) is 4.75. The number of carbonyl (C=O) groups is 2. The molecule has 2 N–H and O–H groups in total. The van der Waals surface area contributed by atoms with Crippen molar-refractivity contribution in [2.24, 2.45) is 7.05 Å². The fourth-order valence-corrected chi connectivity index (χ4v) is 5.55. The molecule has 0 bridgehead atoms. The number of amides is 2. The lowest BCUT2D eigenvalue weighted by atomic mass is 10.0. The Morgan fingerprint density at radius 2 is 1.68 bits per heavy atom. The van der Waals surface area contributed by atoms with Gasteiger partial charge in [0.1, 0.15) is 0 Å². The Morgan fingerprint density at radius 1 is 1.00 bits per heavy atom. The molecule has 0 saturated carbocycles. The van der Waals surface area contributed by atoms with Crippen molar-refractivity contribution in [1.82, 2.24) is 25.2 Å². The molecule has 0 atom stereocenters. The number of tetrazole rings is 1. The van der Waals surface area contributed by atoms with Crippen molar-refractivity contribution in [2.45, 2.75) is 29.3 Å². The summed E-state index contributed by atoms with van der Waals surface area (Å²) in [5.74, 6) is 0.692. The van der Waals surface area contributed by atoms with Gasteiger partial charge in [-0.05, 0) is 52.2 Å². The zero-order valence-corrected chi connectivity index (χ0v) is 21.3. The highest BCUT2D eigenvalue weighted by molar-refractivity contribution is 8.01. The average molecular weight is 514 g/mol. The molecule has 0 aliphatic heterocycles. The Hall–Kier alpha value is -2.96. The number of aryl methyl sites for hydroxylation is 1. The molecule has 0 fully saturated rings. The van der Waals surface area contributed by atoms with Gasteiger partial charge in [-0.1, -0.05) is 49.5 Å². The van der Waals surface area contributed by atoms with E-state index in [2.05, 4.69) is 45.0 Å². The van der Waals surface area contributed by atoms with E-state index in [4.69, 9.17) is 0 Å². The van der Waals surface area contributed by atoms with Gasteiger partial charge >= 0.3 is 0 Å².